The number of nitrogens with two attached hydrogens (primary N) is 1. The van der Waals surface area contributed by atoms with Gasteiger partial charge in [0.2, 0.25) is 5.91 Å². The van der Waals surface area contributed by atoms with Crippen molar-refractivity contribution >= 4 is 5.91 Å². The average molecular weight is 260 g/mol. The van der Waals surface area contributed by atoms with Gasteiger partial charge in [0.25, 0.3) is 0 Å². The monoisotopic (exact) mass is 260 g/mol. The van der Waals surface area contributed by atoms with Crippen LogP contribution in [0.3, 0.4) is 0 Å². The largest absolute Gasteiger partial charge is 0.416 e. The van der Waals surface area contributed by atoms with Crippen LogP contribution in [0.4, 0.5) is 13.2 Å². The van der Waals surface area contributed by atoms with E-state index in [0.29, 0.717) is 18.5 Å². The molecule has 0 radical (unpaired) electrons. The average Bonchev–Trinajstić information content (AvgIpc) is 2.29. The first-order chi connectivity index (χ1) is 8.34. The van der Waals surface area contributed by atoms with E-state index >= 15 is 0 Å². The molecule has 0 aliphatic rings. The molecule has 1 unspecified atom stereocenters. The number of alkyl halides is 3. The minimum absolute atomic E-state index is 0.305. The second kappa shape index (κ2) is 5.86. The third-order valence-corrected chi connectivity index (χ3v) is 2.59. The molecule has 6 heteroatoms. The Hall–Kier alpha value is -1.56. The number of hydrogen-bond donors (Lipinski definition) is 2. The predicted octanol–water partition coefficient (Wildman–Crippen LogP) is 2.06. The van der Waals surface area contributed by atoms with Crippen molar-refractivity contribution in [3.8, 4) is 0 Å². The zero-order chi connectivity index (χ0) is 13.8. The van der Waals surface area contributed by atoms with Gasteiger partial charge in [-0.05, 0) is 24.1 Å². The number of hydrogen-bond acceptors (Lipinski definition) is 2. The summed E-state index contributed by atoms with van der Waals surface area (Å²) >= 11 is 0. The van der Waals surface area contributed by atoms with Crippen LogP contribution in [0.15, 0.2) is 24.3 Å². The van der Waals surface area contributed by atoms with Gasteiger partial charge in [-0.15, -0.1) is 0 Å². The second-order valence-electron chi connectivity index (χ2n) is 3.94. The lowest BCUT2D eigenvalue weighted by atomic mass is 10.1. The summed E-state index contributed by atoms with van der Waals surface area (Å²) < 4.78 is 37.0. The molecule has 0 saturated carbocycles. The van der Waals surface area contributed by atoms with Crippen LogP contribution in [-0.2, 0) is 17.5 Å². The lowest BCUT2D eigenvalue weighted by Gasteiger charge is -2.13. The van der Waals surface area contributed by atoms with Crippen LogP contribution in [-0.4, -0.2) is 11.9 Å². The van der Waals surface area contributed by atoms with Gasteiger partial charge in [-0.3, -0.25) is 4.79 Å². The fourth-order valence-electron chi connectivity index (χ4n) is 1.50. The molecule has 18 heavy (non-hydrogen) atoms. The summed E-state index contributed by atoms with van der Waals surface area (Å²) in [5.41, 5.74) is 5.12. The van der Waals surface area contributed by atoms with Crippen LogP contribution in [0.2, 0.25) is 0 Å². The summed E-state index contributed by atoms with van der Waals surface area (Å²) in [7, 11) is 0. The third-order valence-electron chi connectivity index (χ3n) is 2.59. The first-order valence-corrected chi connectivity index (χ1v) is 5.53. The van der Waals surface area contributed by atoms with Crippen LogP contribution >= 0.6 is 0 Å². The molecule has 0 fully saturated rings. The van der Waals surface area contributed by atoms with Crippen molar-refractivity contribution in [3.05, 3.63) is 35.4 Å². The summed E-state index contributed by atoms with van der Waals surface area (Å²) in [4.78, 5) is 10.9. The van der Waals surface area contributed by atoms with Crippen molar-refractivity contribution < 1.29 is 18.0 Å². The van der Waals surface area contributed by atoms with Crippen molar-refractivity contribution in [1.29, 1.82) is 0 Å². The predicted molar refractivity (Wildman–Crippen MR) is 61.6 cm³/mol. The van der Waals surface area contributed by atoms with E-state index in [2.05, 4.69) is 5.32 Å². The van der Waals surface area contributed by atoms with Crippen molar-refractivity contribution in [2.75, 3.05) is 0 Å². The Kier molecular flexibility index (Phi) is 4.72. The minimum atomic E-state index is -4.33. The molecular weight excluding hydrogens is 245 g/mol. The lowest BCUT2D eigenvalue weighted by Crippen LogP contribution is -2.40. The molecule has 0 saturated heterocycles. The van der Waals surface area contributed by atoms with Gasteiger partial charge >= 0.3 is 6.18 Å². The lowest BCUT2D eigenvalue weighted by molar-refractivity contribution is -0.137. The molecule has 0 spiro atoms. The zero-order valence-corrected chi connectivity index (χ0v) is 9.92. The molecule has 3 N–H and O–H groups in total. The highest BCUT2D eigenvalue weighted by Gasteiger charge is 2.29. The molecule has 0 aliphatic carbocycles. The number of carbonyl (C=O) groups excluding carboxylic acids is 1. The van der Waals surface area contributed by atoms with Crippen LogP contribution in [0.5, 0.6) is 0 Å². The maximum Gasteiger partial charge on any atom is 0.416 e. The molecule has 0 aliphatic heterocycles. The molecule has 0 aromatic heterocycles. The molecule has 1 rings (SSSR count). The number of amides is 1. The van der Waals surface area contributed by atoms with Gasteiger partial charge in [0.1, 0.15) is 0 Å². The van der Waals surface area contributed by atoms with Crippen LogP contribution < -0.4 is 11.1 Å². The number of benzene rings is 1. The van der Waals surface area contributed by atoms with Crippen molar-refractivity contribution in [2.24, 2.45) is 5.73 Å². The molecule has 0 heterocycles. The van der Waals surface area contributed by atoms with Crippen LogP contribution in [0.25, 0.3) is 0 Å². The number of halogens is 3. The Morgan fingerprint density at radius 2 is 1.89 bits per heavy atom. The topological polar surface area (TPSA) is 55.1 Å². The Labute approximate surface area is 103 Å². The van der Waals surface area contributed by atoms with E-state index in [-0.39, 0.29) is 0 Å². The van der Waals surface area contributed by atoms with Crippen LogP contribution in [0.1, 0.15) is 24.5 Å². The number of rotatable bonds is 5. The molecule has 0 bridgehead atoms. The van der Waals surface area contributed by atoms with Gasteiger partial charge in [-0.2, -0.15) is 13.2 Å². The summed E-state index contributed by atoms with van der Waals surface area (Å²) in [6.07, 6.45) is -3.79. The molecule has 100 valence electrons. The van der Waals surface area contributed by atoms with Gasteiger partial charge < -0.3 is 11.1 Å². The molecular formula is C12H15F3N2O. The Morgan fingerprint density at radius 3 is 2.28 bits per heavy atom. The normalized spacial score (nSPS) is 13.3. The van der Waals surface area contributed by atoms with Gasteiger partial charge in [-0.1, -0.05) is 19.1 Å². The fourth-order valence-corrected chi connectivity index (χ4v) is 1.50. The maximum atomic E-state index is 12.3. The third kappa shape index (κ3) is 4.03. The summed E-state index contributed by atoms with van der Waals surface area (Å²) in [5.74, 6) is -0.468. The summed E-state index contributed by atoms with van der Waals surface area (Å²) in [6, 6.07) is 4.32. The number of primary amides is 1. The standard InChI is InChI=1S/C12H15F3N2O/c1-2-10(11(16)18)17-7-8-3-5-9(6-4-8)12(13,14)15/h3-6,10,17H,2,7H2,1H3,(H2,16,18). The molecule has 1 aromatic carbocycles. The highest BCUT2D eigenvalue weighted by molar-refractivity contribution is 5.79. The quantitative estimate of drug-likeness (QED) is 0.851. The molecule has 1 amide bonds. The first-order valence-electron chi connectivity index (χ1n) is 5.53. The Morgan fingerprint density at radius 1 is 1.33 bits per heavy atom. The van der Waals surface area contributed by atoms with Crippen molar-refractivity contribution in [2.45, 2.75) is 32.1 Å². The van der Waals surface area contributed by atoms with Crippen molar-refractivity contribution in [1.82, 2.24) is 5.32 Å². The Balaban J connectivity index is 2.62. The highest BCUT2D eigenvalue weighted by Crippen LogP contribution is 2.29. The van der Waals surface area contributed by atoms with Gasteiger partial charge in [0.05, 0.1) is 11.6 Å². The van der Waals surface area contributed by atoms with Gasteiger partial charge in [0, 0.05) is 6.54 Å². The molecule has 3 nitrogen and oxygen atoms in total. The summed E-state index contributed by atoms with van der Waals surface area (Å²) in [6.45, 7) is 2.11. The van der Waals surface area contributed by atoms with E-state index in [4.69, 9.17) is 5.73 Å². The van der Waals surface area contributed by atoms with Crippen molar-refractivity contribution in [3.63, 3.8) is 0 Å². The highest BCUT2D eigenvalue weighted by atomic mass is 19.4. The number of carbonyl (C=O) groups is 1. The summed E-state index contributed by atoms with van der Waals surface area (Å²) in [5, 5.41) is 2.89. The zero-order valence-electron chi connectivity index (χ0n) is 9.92. The SMILES string of the molecule is CCC(NCc1ccc(C(F)(F)F)cc1)C(N)=O. The maximum absolute atomic E-state index is 12.3. The minimum Gasteiger partial charge on any atom is -0.368 e. The van der Waals surface area contributed by atoms with Gasteiger partial charge in [-0.25, -0.2) is 0 Å². The van der Waals surface area contributed by atoms with E-state index in [1.165, 1.54) is 12.1 Å². The van der Waals surface area contributed by atoms with E-state index in [1.54, 1.807) is 6.92 Å². The second-order valence-corrected chi connectivity index (χ2v) is 3.94. The molecule has 1 atom stereocenters. The Bertz CT molecular complexity index is 401. The van der Waals surface area contributed by atoms with Crippen LogP contribution in [0, 0.1) is 0 Å². The van der Waals surface area contributed by atoms with Gasteiger partial charge in [0.15, 0.2) is 0 Å². The van der Waals surface area contributed by atoms with E-state index in [1.807, 2.05) is 0 Å². The fraction of sp³-hybridized carbons (Fsp3) is 0.417. The first kappa shape index (κ1) is 14.5. The smallest absolute Gasteiger partial charge is 0.368 e. The van der Waals surface area contributed by atoms with E-state index in [0.717, 1.165) is 12.1 Å². The molecule has 1 aromatic rings. The van der Waals surface area contributed by atoms with E-state index in [9.17, 15) is 18.0 Å². The van der Waals surface area contributed by atoms with E-state index < -0.39 is 23.7 Å². The number of nitrogens with one attached hydrogen (secondary N) is 1.